The largest absolute Gasteiger partial charge is 0.497 e. The van der Waals surface area contributed by atoms with Crippen LogP contribution in [0.1, 0.15) is 37.2 Å². The molecule has 1 N–H and O–H groups in total. The molecule has 1 aromatic carbocycles. The van der Waals surface area contributed by atoms with Gasteiger partial charge >= 0.3 is 0 Å². The number of hydrogen-bond acceptors (Lipinski definition) is 2. The molecule has 18 heavy (non-hydrogen) atoms. The van der Waals surface area contributed by atoms with Crippen LogP contribution in [-0.4, -0.2) is 19.6 Å². The summed E-state index contributed by atoms with van der Waals surface area (Å²) in [6, 6.07) is 8.16. The minimum absolute atomic E-state index is 0.146. The van der Waals surface area contributed by atoms with Crippen molar-refractivity contribution in [3.63, 3.8) is 0 Å². The van der Waals surface area contributed by atoms with Crippen molar-refractivity contribution in [1.29, 1.82) is 0 Å². The van der Waals surface area contributed by atoms with Crippen LogP contribution in [0.15, 0.2) is 24.3 Å². The van der Waals surface area contributed by atoms with Crippen LogP contribution in [-0.2, 0) is 4.79 Å². The second kappa shape index (κ2) is 4.30. The third-order valence-corrected chi connectivity index (χ3v) is 4.58. The Morgan fingerprint density at radius 3 is 2.83 bits per heavy atom. The average molecular weight is 245 g/mol. The Labute approximate surface area is 108 Å². The van der Waals surface area contributed by atoms with Crippen molar-refractivity contribution in [2.75, 3.05) is 13.7 Å². The highest BCUT2D eigenvalue weighted by molar-refractivity contribution is 5.86. The Bertz CT molecular complexity index is 463. The Morgan fingerprint density at radius 1 is 1.33 bits per heavy atom. The standard InChI is InChI=1S/C15H19NO2/c1-18-12-6-4-5-11(9-12)13-10-16-14(17)15(13)7-2-3-8-15/h4-6,9,13H,2-3,7-8,10H2,1H3,(H,16,17)/t13-/m1/s1. The van der Waals surface area contributed by atoms with E-state index in [1.54, 1.807) is 7.11 Å². The number of methoxy groups -OCH3 is 1. The fourth-order valence-electron chi connectivity index (χ4n) is 3.60. The van der Waals surface area contributed by atoms with Crippen molar-refractivity contribution >= 4 is 5.91 Å². The van der Waals surface area contributed by atoms with Crippen molar-refractivity contribution in [3.05, 3.63) is 29.8 Å². The fraction of sp³-hybridized carbons (Fsp3) is 0.533. The lowest BCUT2D eigenvalue weighted by Gasteiger charge is -2.28. The molecular formula is C15H19NO2. The summed E-state index contributed by atoms with van der Waals surface area (Å²) in [4.78, 5) is 12.2. The van der Waals surface area contributed by atoms with Gasteiger partial charge in [-0.15, -0.1) is 0 Å². The number of ether oxygens (including phenoxy) is 1. The molecule has 1 spiro atoms. The van der Waals surface area contributed by atoms with E-state index in [1.807, 2.05) is 12.1 Å². The van der Waals surface area contributed by atoms with Gasteiger partial charge in [-0.25, -0.2) is 0 Å². The molecule has 0 bridgehead atoms. The molecule has 2 fully saturated rings. The number of benzene rings is 1. The van der Waals surface area contributed by atoms with Crippen LogP contribution in [0.5, 0.6) is 5.75 Å². The molecule has 3 heteroatoms. The summed E-state index contributed by atoms with van der Waals surface area (Å²) in [5, 5.41) is 3.06. The maximum absolute atomic E-state index is 12.2. The quantitative estimate of drug-likeness (QED) is 0.869. The lowest BCUT2D eigenvalue weighted by Crippen LogP contribution is -2.31. The van der Waals surface area contributed by atoms with Gasteiger partial charge in [-0.1, -0.05) is 25.0 Å². The van der Waals surface area contributed by atoms with E-state index in [0.717, 1.165) is 25.1 Å². The first-order valence-electron chi connectivity index (χ1n) is 6.68. The van der Waals surface area contributed by atoms with Gasteiger partial charge < -0.3 is 10.1 Å². The summed E-state index contributed by atoms with van der Waals surface area (Å²) in [7, 11) is 1.68. The number of carbonyl (C=O) groups excluding carboxylic acids is 1. The van der Waals surface area contributed by atoms with Gasteiger partial charge in [0, 0.05) is 12.5 Å². The lowest BCUT2D eigenvalue weighted by molar-refractivity contribution is -0.127. The molecule has 0 radical (unpaired) electrons. The lowest BCUT2D eigenvalue weighted by atomic mass is 9.73. The van der Waals surface area contributed by atoms with Crippen LogP contribution < -0.4 is 10.1 Å². The van der Waals surface area contributed by atoms with Gasteiger partial charge in [-0.2, -0.15) is 0 Å². The monoisotopic (exact) mass is 245 g/mol. The number of nitrogens with one attached hydrogen (secondary N) is 1. The van der Waals surface area contributed by atoms with Crippen molar-refractivity contribution < 1.29 is 9.53 Å². The molecule has 1 aliphatic carbocycles. The Kier molecular flexibility index (Phi) is 2.77. The summed E-state index contributed by atoms with van der Waals surface area (Å²) < 4.78 is 5.29. The predicted molar refractivity (Wildman–Crippen MR) is 69.6 cm³/mol. The smallest absolute Gasteiger partial charge is 0.226 e. The van der Waals surface area contributed by atoms with Crippen LogP contribution in [0.4, 0.5) is 0 Å². The highest BCUT2D eigenvalue weighted by atomic mass is 16.5. The molecule has 1 saturated heterocycles. The van der Waals surface area contributed by atoms with Crippen molar-refractivity contribution in [2.24, 2.45) is 5.41 Å². The fourth-order valence-corrected chi connectivity index (χ4v) is 3.60. The zero-order chi connectivity index (χ0) is 12.6. The SMILES string of the molecule is COc1cccc([C@H]2CNC(=O)C23CCCC3)c1. The average Bonchev–Trinajstić information content (AvgIpc) is 3.00. The first-order valence-corrected chi connectivity index (χ1v) is 6.68. The minimum Gasteiger partial charge on any atom is -0.497 e. The first-order chi connectivity index (χ1) is 8.76. The maximum atomic E-state index is 12.2. The van der Waals surface area contributed by atoms with E-state index in [1.165, 1.54) is 18.4 Å². The van der Waals surface area contributed by atoms with E-state index in [0.29, 0.717) is 5.92 Å². The van der Waals surface area contributed by atoms with E-state index < -0.39 is 0 Å². The van der Waals surface area contributed by atoms with Crippen LogP contribution >= 0.6 is 0 Å². The normalized spacial score (nSPS) is 25.4. The summed E-state index contributed by atoms with van der Waals surface area (Å²) in [5.41, 5.74) is 1.08. The highest BCUT2D eigenvalue weighted by Crippen LogP contribution is 2.51. The van der Waals surface area contributed by atoms with Gasteiger partial charge in [-0.05, 0) is 30.5 Å². The maximum Gasteiger partial charge on any atom is 0.226 e. The van der Waals surface area contributed by atoms with Gasteiger partial charge in [0.1, 0.15) is 5.75 Å². The Balaban J connectivity index is 1.97. The Hall–Kier alpha value is -1.51. The van der Waals surface area contributed by atoms with Crippen molar-refractivity contribution in [3.8, 4) is 5.75 Å². The molecule has 2 aliphatic rings. The highest BCUT2D eigenvalue weighted by Gasteiger charge is 2.51. The van der Waals surface area contributed by atoms with Crippen molar-refractivity contribution in [1.82, 2.24) is 5.32 Å². The zero-order valence-electron chi connectivity index (χ0n) is 10.7. The minimum atomic E-state index is -0.146. The van der Waals surface area contributed by atoms with Crippen LogP contribution in [0, 0.1) is 5.41 Å². The van der Waals surface area contributed by atoms with Crippen LogP contribution in [0.3, 0.4) is 0 Å². The molecule has 1 saturated carbocycles. The Morgan fingerprint density at radius 2 is 2.11 bits per heavy atom. The van der Waals surface area contributed by atoms with Gasteiger partial charge in [0.2, 0.25) is 5.91 Å². The summed E-state index contributed by atoms with van der Waals surface area (Å²) in [5.74, 6) is 1.44. The number of hydrogen-bond donors (Lipinski definition) is 1. The zero-order valence-corrected chi connectivity index (χ0v) is 10.7. The second-order valence-corrected chi connectivity index (χ2v) is 5.40. The molecule has 1 heterocycles. The third kappa shape index (κ3) is 1.61. The number of carbonyl (C=O) groups is 1. The molecule has 3 rings (SSSR count). The first kappa shape index (κ1) is 11.6. The molecule has 1 amide bonds. The molecule has 3 nitrogen and oxygen atoms in total. The molecule has 1 aromatic rings. The third-order valence-electron chi connectivity index (χ3n) is 4.58. The predicted octanol–water partition coefficient (Wildman–Crippen LogP) is 2.47. The van der Waals surface area contributed by atoms with Gasteiger partial charge in [-0.3, -0.25) is 4.79 Å². The van der Waals surface area contributed by atoms with E-state index in [-0.39, 0.29) is 11.3 Å². The van der Waals surface area contributed by atoms with E-state index >= 15 is 0 Å². The molecular weight excluding hydrogens is 226 g/mol. The van der Waals surface area contributed by atoms with Crippen LogP contribution in [0.2, 0.25) is 0 Å². The number of rotatable bonds is 2. The molecule has 96 valence electrons. The molecule has 1 aliphatic heterocycles. The summed E-state index contributed by atoms with van der Waals surface area (Å²) >= 11 is 0. The molecule has 0 unspecified atom stereocenters. The molecule has 1 atom stereocenters. The number of amides is 1. The molecule has 0 aromatic heterocycles. The van der Waals surface area contributed by atoms with E-state index in [4.69, 9.17) is 4.74 Å². The summed E-state index contributed by atoms with van der Waals surface area (Å²) in [6.07, 6.45) is 4.41. The second-order valence-electron chi connectivity index (χ2n) is 5.40. The topological polar surface area (TPSA) is 38.3 Å². The van der Waals surface area contributed by atoms with Crippen molar-refractivity contribution in [2.45, 2.75) is 31.6 Å². The van der Waals surface area contributed by atoms with E-state index in [2.05, 4.69) is 17.4 Å². The van der Waals surface area contributed by atoms with Gasteiger partial charge in [0.15, 0.2) is 0 Å². The van der Waals surface area contributed by atoms with Gasteiger partial charge in [0.25, 0.3) is 0 Å². The van der Waals surface area contributed by atoms with Gasteiger partial charge in [0.05, 0.1) is 12.5 Å². The summed E-state index contributed by atoms with van der Waals surface area (Å²) in [6.45, 7) is 0.770. The van der Waals surface area contributed by atoms with E-state index in [9.17, 15) is 4.79 Å². The van der Waals surface area contributed by atoms with Crippen LogP contribution in [0.25, 0.3) is 0 Å².